The second-order valence-electron chi connectivity index (χ2n) is 5.74. The van der Waals surface area contributed by atoms with Gasteiger partial charge in [-0.05, 0) is 58.9 Å². The molecule has 3 rings (SSSR count). The van der Waals surface area contributed by atoms with E-state index in [-0.39, 0.29) is 0 Å². The van der Waals surface area contributed by atoms with Crippen LogP contribution in [0, 0.1) is 5.92 Å². The van der Waals surface area contributed by atoms with E-state index in [2.05, 4.69) is 33.4 Å². The zero-order chi connectivity index (χ0) is 13.8. The summed E-state index contributed by atoms with van der Waals surface area (Å²) in [6.07, 6.45) is 7.01. The van der Waals surface area contributed by atoms with Gasteiger partial charge in [0, 0.05) is 6.54 Å². The molecule has 1 aromatic rings. The van der Waals surface area contributed by atoms with Crippen molar-refractivity contribution in [3.05, 3.63) is 22.2 Å². The Morgan fingerprint density at radius 3 is 2.75 bits per heavy atom. The Bertz CT molecular complexity index is 458. The van der Waals surface area contributed by atoms with Gasteiger partial charge in [-0.2, -0.15) is 0 Å². The predicted molar refractivity (Wildman–Crippen MR) is 83.4 cm³/mol. The first-order valence-corrected chi connectivity index (χ1v) is 8.41. The molecule has 4 heteroatoms. The molecule has 0 aromatic heterocycles. The van der Waals surface area contributed by atoms with Gasteiger partial charge >= 0.3 is 0 Å². The van der Waals surface area contributed by atoms with Crippen LogP contribution in [-0.2, 0) is 6.54 Å². The molecule has 1 heterocycles. The highest BCUT2D eigenvalue weighted by Gasteiger charge is 2.17. The summed E-state index contributed by atoms with van der Waals surface area (Å²) in [5.74, 6) is 2.57. The summed E-state index contributed by atoms with van der Waals surface area (Å²) in [5, 5.41) is 3.59. The standard InChI is InChI=1S/C16H22BrNO2/c17-14-8-13(9-15-16(14)20-7-6-19-15)11-18-10-12-4-2-1-3-5-12/h8-9,12,18H,1-7,10-11H2. The van der Waals surface area contributed by atoms with Gasteiger partial charge in [0.2, 0.25) is 0 Å². The Kier molecular flexibility index (Phi) is 4.84. The lowest BCUT2D eigenvalue weighted by molar-refractivity contribution is 0.170. The maximum Gasteiger partial charge on any atom is 0.175 e. The number of ether oxygens (including phenoxy) is 2. The molecule has 1 aliphatic heterocycles. The summed E-state index contributed by atoms with van der Waals surface area (Å²) in [6, 6.07) is 4.22. The van der Waals surface area contributed by atoms with Crippen LogP contribution in [0.1, 0.15) is 37.7 Å². The third kappa shape index (κ3) is 3.47. The van der Waals surface area contributed by atoms with Crippen molar-refractivity contribution < 1.29 is 9.47 Å². The Hall–Kier alpha value is -0.740. The first-order valence-electron chi connectivity index (χ1n) is 7.61. The zero-order valence-electron chi connectivity index (χ0n) is 11.8. The summed E-state index contributed by atoms with van der Waals surface area (Å²) < 4.78 is 12.3. The molecule has 110 valence electrons. The summed E-state index contributed by atoms with van der Waals surface area (Å²) in [7, 11) is 0. The van der Waals surface area contributed by atoms with E-state index in [1.807, 2.05) is 0 Å². The summed E-state index contributed by atoms with van der Waals surface area (Å²) >= 11 is 3.57. The largest absolute Gasteiger partial charge is 0.486 e. The number of nitrogens with one attached hydrogen (secondary N) is 1. The Labute approximate surface area is 129 Å². The maximum atomic E-state index is 5.66. The minimum atomic E-state index is 0.630. The van der Waals surface area contributed by atoms with E-state index in [9.17, 15) is 0 Å². The number of rotatable bonds is 4. The van der Waals surface area contributed by atoms with Gasteiger partial charge in [0.25, 0.3) is 0 Å². The molecule has 1 aromatic carbocycles. The van der Waals surface area contributed by atoms with Crippen molar-refractivity contribution in [2.24, 2.45) is 5.92 Å². The third-order valence-corrected chi connectivity index (χ3v) is 4.73. The molecule has 0 unspecified atom stereocenters. The topological polar surface area (TPSA) is 30.5 Å². The molecule has 1 N–H and O–H groups in total. The van der Waals surface area contributed by atoms with Gasteiger partial charge in [-0.15, -0.1) is 0 Å². The van der Waals surface area contributed by atoms with Crippen LogP contribution in [0.4, 0.5) is 0 Å². The van der Waals surface area contributed by atoms with Gasteiger partial charge in [0.1, 0.15) is 13.2 Å². The van der Waals surface area contributed by atoms with Crippen molar-refractivity contribution in [2.45, 2.75) is 38.6 Å². The van der Waals surface area contributed by atoms with E-state index >= 15 is 0 Å². The highest BCUT2D eigenvalue weighted by atomic mass is 79.9. The van der Waals surface area contributed by atoms with E-state index in [1.165, 1.54) is 37.7 Å². The smallest absolute Gasteiger partial charge is 0.175 e. The van der Waals surface area contributed by atoms with Crippen LogP contribution in [-0.4, -0.2) is 19.8 Å². The molecule has 0 atom stereocenters. The van der Waals surface area contributed by atoms with Gasteiger partial charge in [-0.3, -0.25) is 0 Å². The third-order valence-electron chi connectivity index (χ3n) is 4.14. The van der Waals surface area contributed by atoms with E-state index in [0.29, 0.717) is 13.2 Å². The molecule has 0 spiro atoms. The van der Waals surface area contributed by atoms with Crippen LogP contribution >= 0.6 is 15.9 Å². The number of fused-ring (bicyclic) bond motifs is 1. The monoisotopic (exact) mass is 339 g/mol. The van der Waals surface area contributed by atoms with E-state index in [1.54, 1.807) is 0 Å². The van der Waals surface area contributed by atoms with Crippen LogP contribution in [0.25, 0.3) is 0 Å². The van der Waals surface area contributed by atoms with Gasteiger partial charge in [0.05, 0.1) is 4.47 Å². The van der Waals surface area contributed by atoms with Crippen molar-refractivity contribution in [3.8, 4) is 11.5 Å². The number of hydrogen-bond acceptors (Lipinski definition) is 3. The molecule has 3 nitrogen and oxygen atoms in total. The highest BCUT2D eigenvalue weighted by Crippen LogP contribution is 2.38. The van der Waals surface area contributed by atoms with Crippen molar-refractivity contribution >= 4 is 15.9 Å². The normalized spacial score (nSPS) is 19.1. The van der Waals surface area contributed by atoms with E-state index in [4.69, 9.17) is 9.47 Å². The lowest BCUT2D eigenvalue weighted by Crippen LogP contribution is -2.24. The minimum Gasteiger partial charge on any atom is -0.486 e. The lowest BCUT2D eigenvalue weighted by atomic mass is 9.89. The van der Waals surface area contributed by atoms with Gasteiger partial charge in [-0.1, -0.05) is 19.3 Å². The van der Waals surface area contributed by atoms with Crippen molar-refractivity contribution in [3.63, 3.8) is 0 Å². The van der Waals surface area contributed by atoms with Crippen LogP contribution in [0.2, 0.25) is 0 Å². The molecule has 0 bridgehead atoms. The number of halogens is 1. The molecule has 1 aliphatic carbocycles. The fourth-order valence-electron chi connectivity index (χ4n) is 3.08. The van der Waals surface area contributed by atoms with Crippen molar-refractivity contribution in [2.75, 3.05) is 19.8 Å². The zero-order valence-corrected chi connectivity index (χ0v) is 13.4. The van der Waals surface area contributed by atoms with E-state index in [0.717, 1.165) is 35.0 Å². The van der Waals surface area contributed by atoms with E-state index < -0.39 is 0 Å². The van der Waals surface area contributed by atoms with Crippen LogP contribution < -0.4 is 14.8 Å². The molecule has 1 saturated carbocycles. The maximum absolute atomic E-state index is 5.66. The number of hydrogen-bond donors (Lipinski definition) is 1. The van der Waals surface area contributed by atoms with Crippen LogP contribution in [0.15, 0.2) is 16.6 Å². The first kappa shape index (κ1) is 14.2. The summed E-state index contributed by atoms with van der Waals surface area (Å²) in [5.41, 5.74) is 1.25. The Morgan fingerprint density at radius 1 is 1.10 bits per heavy atom. The average Bonchev–Trinajstić information content (AvgIpc) is 2.48. The van der Waals surface area contributed by atoms with Gasteiger partial charge in [-0.25, -0.2) is 0 Å². The first-order chi connectivity index (χ1) is 9.83. The van der Waals surface area contributed by atoms with Crippen LogP contribution in [0.3, 0.4) is 0 Å². The second kappa shape index (κ2) is 6.81. The predicted octanol–water partition coefficient (Wildman–Crippen LogP) is 3.89. The quantitative estimate of drug-likeness (QED) is 0.902. The summed E-state index contributed by atoms with van der Waals surface area (Å²) in [4.78, 5) is 0. The lowest BCUT2D eigenvalue weighted by Gasteiger charge is -2.23. The molecule has 2 aliphatic rings. The molecule has 0 radical (unpaired) electrons. The van der Waals surface area contributed by atoms with Crippen molar-refractivity contribution in [1.82, 2.24) is 5.32 Å². The Morgan fingerprint density at radius 2 is 1.90 bits per heavy atom. The molecule has 0 saturated heterocycles. The Balaban J connectivity index is 1.56. The minimum absolute atomic E-state index is 0.630. The van der Waals surface area contributed by atoms with Gasteiger partial charge < -0.3 is 14.8 Å². The van der Waals surface area contributed by atoms with Crippen molar-refractivity contribution in [1.29, 1.82) is 0 Å². The fourth-order valence-corrected chi connectivity index (χ4v) is 3.68. The second-order valence-corrected chi connectivity index (χ2v) is 6.59. The highest BCUT2D eigenvalue weighted by molar-refractivity contribution is 9.10. The summed E-state index contributed by atoms with van der Waals surface area (Å²) in [6.45, 7) is 3.29. The van der Waals surface area contributed by atoms with Crippen LogP contribution in [0.5, 0.6) is 11.5 Å². The molecular weight excluding hydrogens is 318 g/mol. The molecule has 20 heavy (non-hydrogen) atoms. The fraction of sp³-hybridized carbons (Fsp3) is 0.625. The SMILES string of the molecule is Brc1cc(CNCC2CCCCC2)cc2c1OCCO2. The van der Waals surface area contributed by atoms with Gasteiger partial charge in [0.15, 0.2) is 11.5 Å². The number of benzene rings is 1. The average molecular weight is 340 g/mol. The molecule has 1 fully saturated rings. The molecule has 0 amide bonds. The molecular formula is C16H22BrNO2.